The molecular formula is C16H18O2S. The molecule has 2 rings (SSSR count). The summed E-state index contributed by atoms with van der Waals surface area (Å²) in [5, 5.41) is 1.12. The van der Waals surface area contributed by atoms with Crippen molar-refractivity contribution in [3.63, 3.8) is 0 Å². The van der Waals surface area contributed by atoms with Crippen molar-refractivity contribution in [1.29, 1.82) is 0 Å². The minimum atomic E-state index is -0.266. The molecule has 1 atom stereocenters. The number of hydrogen-bond donors (Lipinski definition) is 0. The molecule has 0 unspecified atom stereocenters. The van der Waals surface area contributed by atoms with Crippen molar-refractivity contribution in [2.75, 3.05) is 7.11 Å². The second-order valence-electron chi connectivity index (χ2n) is 4.61. The predicted octanol–water partition coefficient (Wildman–Crippen LogP) is 4.75. The number of methoxy groups -OCH3 is 1. The minimum Gasteiger partial charge on any atom is -0.465 e. The van der Waals surface area contributed by atoms with E-state index in [1.165, 1.54) is 18.4 Å². The number of thiophene rings is 1. The van der Waals surface area contributed by atoms with Crippen LogP contribution in [0.5, 0.6) is 0 Å². The van der Waals surface area contributed by atoms with Gasteiger partial charge >= 0.3 is 5.97 Å². The van der Waals surface area contributed by atoms with E-state index in [9.17, 15) is 4.79 Å². The molecule has 0 aliphatic carbocycles. The van der Waals surface area contributed by atoms with Crippen molar-refractivity contribution >= 4 is 33.5 Å². The molecule has 2 nitrogen and oxygen atoms in total. The van der Waals surface area contributed by atoms with Crippen LogP contribution in [0.4, 0.5) is 0 Å². The number of ether oxygens (including phenoxy) is 1. The molecule has 0 spiro atoms. The molecule has 1 aromatic heterocycles. The van der Waals surface area contributed by atoms with Gasteiger partial charge in [-0.15, -0.1) is 11.3 Å². The lowest BCUT2D eigenvalue weighted by Gasteiger charge is -2.00. The minimum absolute atomic E-state index is 0.266. The first-order valence-electron chi connectivity index (χ1n) is 6.44. The maximum Gasteiger partial charge on any atom is 0.348 e. The van der Waals surface area contributed by atoms with E-state index in [1.807, 2.05) is 18.2 Å². The average molecular weight is 274 g/mol. The molecule has 0 saturated heterocycles. The first kappa shape index (κ1) is 13.8. The summed E-state index contributed by atoms with van der Waals surface area (Å²) in [6.45, 7) is 4.37. The van der Waals surface area contributed by atoms with Gasteiger partial charge in [-0.3, -0.25) is 0 Å². The van der Waals surface area contributed by atoms with Crippen LogP contribution >= 0.6 is 11.3 Å². The van der Waals surface area contributed by atoms with Crippen LogP contribution in [0.25, 0.3) is 16.2 Å². The van der Waals surface area contributed by atoms with Gasteiger partial charge in [-0.2, -0.15) is 0 Å². The Kier molecular flexibility index (Phi) is 4.38. The molecule has 1 heterocycles. The third kappa shape index (κ3) is 3.04. The van der Waals surface area contributed by atoms with E-state index in [0.717, 1.165) is 22.1 Å². The Morgan fingerprint density at radius 3 is 2.95 bits per heavy atom. The monoisotopic (exact) mass is 274 g/mol. The van der Waals surface area contributed by atoms with E-state index in [4.69, 9.17) is 4.74 Å². The fourth-order valence-electron chi connectivity index (χ4n) is 1.83. The Hall–Kier alpha value is -1.61. The fourth-order valence-corrected chi connectivity index (χ4v) is 2.85. The van der Waals surface area contributed by atoms with E-state index in [2.05, 4.69) is 32.1 Å². The number of fused-ring (bicyclic) bond motifs is 1. The van der Waals surface area contributed by atoms with Crippen molar-refractivity contribution in [1.82, 2.24) is 0 Å². The second kappa shape index (κ2) is 6.02. The summed E-state index contributed by atoms with van der Waals surface area (Å²) in [7, 11) is 1.41. The lowest BCUT2D eigenvalue weighted by molar-refractivity contribution is 0.0606. The molecule has 0 saturated carbocycles. The average Bonchev–Trinajstić information content (AvgIpc) is 2.88. The number of esters is 1. The number of carbonyl (C=O) groups is 1. The Morgan fingerprint density at radius 1 is 1.47 bits per heavy atom. The Bertz CT molecular complexity index is 610. The summed E-state index contributed by atoms with van der Waals surface area (Å²) >= 11 is 1.48. The number of hydrogen-bond acceptors (Lipinski definition) is 3. The van der Waals surface area contributed by atoms with Crippen molar-refractivity contribution < 1.29 is 9.53 Å². The van der Waals surface area contributed by atoms with Crippen molar-refractivity contribution in [3.8, 4) is 0 Å². The standard InChI is InChI=1S/C16H18O2S/c1-4-11(2)8-9-12-6-5-7-14-13(12)10-15(19-14)16(17)18-3/h5-11H,4H2,1-3H3/t11-/m1/s1. The summed E-state index contributed by atoms with van der Waals surface area (Å²) in [5.74, 6) is 0.298. The Balaban J connectivity index is 2.42. The van der Waals surface area contributed by atoms with Crippen molar-refractivity contribution in [2.24, 2.45) is 5.92 Å². The molecule has 2 aromatic rings. The lowest BCUT2D eigenvalue weighted by atomic mass is 10.0. The highest BCUT2D eigenvalue weighted by Crippen LogP contribution is 2.29. The third-order valence-corrected chi connectivity index (χ3v) is 4.31. The van der Waals surface area contributed by atoms with Gasteiger partial charge in [0, 0.05) is 10.1 Å². The number of carbonyl (C=O) groups excluding carboxylic acids is 1. The quantitative estimate of drug-likeness (QED) is 0.752. The lowest BCUT2D eigenvalue weighted by Crippen LogP contribution is -1.96. The summed E-state index contributed by atoms with van der Waals surface area (Å²) in [4.78, 5) is 12.2. The van der Waals surface area contributed by atoms with Crippen molar-refractivity contribution in [3.05, 3.63) is 40.8 Å². The molecule has 1 aromatic carbocycles. The van der Waals surface area contributed by atoms with Gasteiger partial charge in [-0.05, 0) is 23.6 Å². The molecule has 0 bridgehead atoms. The van der Waals surface area contributed by atoms with Crippen LogP contribution in [-0.4, -0.2) is 13.1 Å². The van der Waals surface area contributed by atoms with E-state index < -0.39 is 0 Å². The molecule has 0 aliphatic heterocycles. The van der Waals surface area contributed by atoms with Gasteiger partial charge in [0.15, 0.2) is 0 Å². The van der Waals surface area contributed by atoms with Crippen LogP contribution in [0.3, 0.4) is 0 Å². The normalized spacial score (nSPS) is 13.0. The Labute approximate surface area is 117 Å². The van der Waals surface area contributed by atoms with Crippen LogP contribution in [0.1, 0.15) is 35.5 Å². The zero-order chi connectivity index (χ0) is 13.8. The molecule has 100 valence electrons. The van der Waals surface area contributed by atoms with Gasteiger partial charge in [0.05, 0.1) is 7.11 Å². The molecular weight excluding hydrogens is 256 g/mol. The third-order valence-electron chi connectivity index (χ3n) is 3.23. The van der Waals surface area contributed by atoms with Crippen LogP contribution in [0.2, 0.25) is 0 Å². The summed E-state index contributed by atoms with van der Waals surface area (Å²) < 4.78 is 5.89. The molecule has 0 aliphatic rings. The molecule has 3 heteroatoms. The maximum atomic E-state index is 11.6. The topological polar surface area (TPSA) is 26.3 Å². The van der Waals surface area contributed by atoms with E-state index in [1.54, 1.807) is 0 Å². The smallest absolute Gasteiger partial charge is 0.348 e. The number of allylic oxidation sites excluding steroid dienone is 1. The molecule has 19 heavy (non-hydrogen) atoms. The number of rotatable bonds is 4. The summed E-state index contributed by atoms with van der Waals surface area (Å²) in [6.07, 6.45) is 5.48. The van der Waals surface area contributed by atoms with Gasteiger partial charge in [0.1, 0.15) is 4.88 Å². The van der Waals surface area contributed by atoms with Crippen LogP contribution in [0, 0.1) is 5.92 Å². The molecule has 0 fully saturated rings. The highest BCUT2D eigenvalue weighted by Gasteiger charge is 2.11. The highest BCUT2D eigenvalue weighted by molar-refractivity contribution is 7.20. The van der Waals surface area contributed by atoms with Crippen LogP contribution in [0.15, 0.2) is 30.3 Å². The Morgan fingerprint density at radius 2 is 2.26 bits per heavy atom. The second-order valence-corrected chi connectivity index (χ2v) is 5.69. The first-order valence-corrected chi connectivity index (χ1v) is 7.26. The van der Waals surface area contributed by atoms with Gasteiger partial charge < -0.3 is 4.74 Å². The van der Waals surface area contributed by atoms with Crippen molar-refractivity contribution in [2.45, 2.75) is 20.3 Å². The van der Waals surface area contributed by atoms with E-state index in [0.29, 0.717) is 10.8 Å². The van der Waals surface area contributed by atoms with Gasteiger partial charge in [-0.25, -0.2) is 4.79 Å². The largest absolute Gasteiger partial charge is 0.465 e. The van der Waals surface area contributed by atoms with E-state index in [-0.39, 0.29) is 5.97 Å². The van der Waals surface area contributed by atoms with Gasteiger partial charge in [-0.1, -0.05) is 44.6 Å². The zero-order valence-electron chi connectivity index (χ0n) is 11.5. The van der Waals surface area contributed by atoms with Gasteiger partial charge in [0.2, 0.25) is 0 Å². The zero-order valence-corrected chi connectivity index (χ0v) is 12.3. The van der Waals surface area contributed by atoms with Crippen LogP contribution in [-0.2, 0) is 4.74 Å². The molecule has 0 radical (unpaired) electrons. The van der Waals surface area contributed by atoms with E-state index >= 15 is 0 Å². The molecule has 0 N–H and O–H groups in total. The maximum absolute atomic E-state index is 11.6. The predicted molar refractivity (Wildman–Crippen MR) is 81.7 cm³/mol. The summed E-state index contributed by atoms with van der Waals surface area (Å²) in [6, 6.07) is 8.06. The number of benzene rings is 1. The SMILES string of the molecule is CC[C@@H](C)C=Cc1cccc2sc(C(=O)OC)cc12. The first-order chi connectivity index (χ1) is 9.15. The highest BCUT2D eigenvalue weighted by atomic mass is 32.1. The molecule has 0 amide bonds. The summed E-state index contributed by atoms with van der Waals surface area (Å²) in [5.41, 5.74) is 1.16. The fraction of sp³-hybridized carbons (Fsp3) is 0.312. The van der Waals surface area contributed by atoms with Crippen LogP contribution < -0.4 is 0 Å². The van der Waals surface area contributed by atoms with Gasteiger partial charge in [0.25, 0.3) is 0 Å².